The molecule has 0 atom stereocenters. The lowest BCUT2D eigenvalue weighted by Crippen LogP contribution is -2.10. The number of hydrogen-bond acceptors (Lipinski definition) is 2. The molecule has 9 aromatic carbocycles. The summed E-state index contributed by atoms with van der Waals surface area (Å²) in [7, 11) is 0. The Morgan fingerprint density at radius 3 is 1.89 bits per heavy atom. The lowest BCUT2D eigenvalue weighted by atomic mass is 9.96. The molecule has 55 heavy (non-hydrogen) atoms. The summed E-state index contributed by atoms with van der Waals surface area (Å²) in [5.74, 6) is 0. The lowest BCUT2D eigenvalue weighted by molar-refractivity contribution is 1.14. The van der Waals surface area contributed by atoms with Crippen LogP contribution in [0.2, 0.25) is 0 Å². The monoisotopic (exact) mass is 721 g/mol. The van der Waals surface area contributed by atoms with Gasteiger partial charge in [0.15, 0.2) is 0 Å². The van der Waals surface area contributed by atoms with Gasteiger partial charge in [0, 0.05) is 37.2 Å². The van der Waals surface area contributed by atoms with Gasteiger partial charge in [-0.05, 0) is 128 Å². The van der Waals surface area contributed by atoms with Gasteiger partial charge in [0.1, 0.15) is 0 Å². The second-order valence-electron chi connectivity index (χ2n) is 14.3. The topological polar surface area (TPSA) is 3.24 Å². The third kappa shape index (κ3) is 5.78. The van der Waals surface area contributed by atoms with E-state index in [1.165, 1.54) is 85.9 Å². The Kier molecular flexibility index (Phi) is 8.27. The van der Waals surface area contributed by atoms with Crippen LogP contribution in [-0.4, -0.2) is 0 Å². The molecule has 0 aliphatic carbocycles. The van der Waals surface area contributed by atoms with Crippen LogP contribution in [0.5, 0.6) is 0 Å². The first-order chi connectivity index (χ1) is 27.2. The highest BCUT2D eigenvalue weighted by Crippen LogP contribution is 2.42. The van der Waals surface area contributed by atoms with Crippen molar-refractivity contribution in [2.75, 3.05) is 4.90 Å². The molecule has 0 saturated heterocycles. The molecule has 0 unspecified atom stereocenters. The molecule has 0 amide bonds. The molecule has 0 spiro atoms. The highest BCUT2D eigenvalue weighted by Gasteiger charge is 2.17. The third-order valence-corrected chi connectivity index (χ3v) is 12.4. The molecule has 0 aliphatic rings. The number of thiophene rings is 1. The number of rotatable bonds is 7. The van der Waals surface area contributed by atoms with Gasteiger partial charge in [-0.2, -0.15) is 0 Å². The van der Waals surface area contributed by atoms with E-state index in [-0.39, 0.29) is 0 Å². The number of allylic oxidation sites excluding steroid dienone is 1. The molecule has 0 N–H and O–H groups in total. The fourth-order valence-electron chi connectivity index (χ4n) is 8.40. The Morgan fingerprint density at radius 2 is 1.09 bits per heavy atom. The summed E-state index contributed by atoms with van der Waals surface area (Å²) < 4.78 is 2.66. The van der Waals surface area contributed by atoms with Gasteiger partial charge in [0.05, 0.1) is 0 Å². The first kappa shape index (κ1) is 33.1. The second-order valence-corrected chi connectivity index (χ2v) is 15.4. The second kappa shape index (κ2) is 13.7. The summed E-state index contributed by atoms with van der Waals surface area (Å²) in [6.45, 7) is 4.33. The minimum absolute atomic E-state index is 1.01. The summed E-state index contributed by atoms with van der Waals surface area (Å²) in [6, 6.07) is 65.1. The summed E-state index contributed by atoms with van der Waals surface area (Å²) in [5.41, 5.74) is 11.0. The molecule has 0 saturated carbocycles. The zero-order valence-electron chi connectivity index (χ0n) is 31.0. The van der Waals surface area contributed by atoms with E-state index in [0.717, 1.165) is 23.5 Å². The summed E-state index contributed by atoms with van der Waals surface area (Å²) >= 11 is 1.88. The van der Waals surface area contributed by atoms with E-state index in [1.54, 1.807) is 0 Å². The fourth-order valence-corrected chi connectivity index (χ4v) is 9.64. The van der Waals surface area contributed by atoms with Crippen LogP contribution in [0.25, 0.3) is 80.8 Å². The van der Waals surface area contributed by atoms with Gasteiger partial charge in [-0.3, -0.25) is 0 Å². The summed E-state index contributed by atoms with van der Waals surface area (Å²) in [6.07, 6.45) is 5.40. The Morgan fingerprint density at radius 1 is 0.473 bits per heavy atom. The molecule has 1 heterocycles. The molecule has 10 rings (SSSR count). The minimum Gasteiger partial charge on any atom is -0.310 e. The molecule has 0 fully saturated rings. The van der Waals surface area contributed by atoms with Crippen molar-refractivity contribution in [2.24, 2.45) is 0 Å². The van der Waals surface area contributed by atoms with Crippen LogP contribution in [0, 0.1) is 0 Å². The van der Waals surface area contributed by atoms with E-state index in [9.17, 15) is 0 Å². The van der Waals surface area contributed by atoms with Gasteiger partial charge in [-0.1, -0.05) is 146 Å². The maximum absolute atomic E-state index is 2.39. The Bertz CT molecular complexity index is 3070. The van der Waals surface area contributed by atoms with Crippen LogP contribution < -0.4 is 4.90 Å². The Balaban J connectivity index is 1.07. The summed E-state index contributed by atoms with van der Waals surface area (Å²) in [4.78, 5) is 2.39. The van der Waals surface area contributed by atoms with Crippen molar-refractivity contribution < 1.29 is 0 Å². The van der Waals surface area contributed by atoms with Crippen LogP contribution in [0.4, 0.5) is 17.1 Å². The molecule has 10 aromatic rings. The number of fused-ring (bicyclic) bond motifs is 7. The first-order valence-electron chi connectivity index (χ1n) is 19.2. The van der Waals surface area contributed by atoms with E-state index in [1.807, 2.05) is 11.3 Å². The average Bonchev–Trinajstić information content (AvgIpc) is 3.63. The van der Waals surface area contributed by atoms with Crippen molar-refractivity contribution in [1.82, 2.24) is 0 Å². The molecule has 262 valence electrons. The molecule has 0 aliphatic heterocycles. The highest BCUT2D eigenvalue weighted by atomic mass is 32.1. The average molecular weight is 722 g/mol. The predicted octanol–water partition coefficient (Wildman–Crippen LogP) is 15.9. The predicted molar refractivity (Wildman–Crippen MR) is 241 cm³/mol. The largest absolute Gasteiger partial charge is 0.310 e. The lowest BCUT2D eigenvalue weighted by Gasteiger charge is -2.26. The van der Waals surface area contributed by atoms with Gasteiger partial charge in [0.25, 0.3) is 0 Å². The molecule has 1 nitrogen and oxygen atoms in total. The van der Waals surface area contributed by atoms with Crippen molar-refractivity contribution in [1.29, 1.82) is 0 Å². The third-order valence-electron chi connectivity index (χ3n) is 11.2. The number of nitrogens with zero attached hydrogens (tertiary/aromatic N) is 1. The SMILES string of the molecule is C/C=C\c1c(CC)ccc2cc(N(c3ccc(-c4ccc5c(ccc6ccccc65)c4)cc3)c3ccc(-c4cccc5c4sc4ccccc45)cc3)ccc12. The minimum atomic E-state index is 1.01. The van der Waals surface area contributed by atoms with Gasteiger partial charge in [-0.25, -0.2) is 0 Å². The number of benzene rings is 9. The van der Waals surface area contributed by atoms with Crippen LogP contribution >= 0.6 is 11.3 Å². The van der Waals surface area contributed by atoms with Crippen molar-refractivity contribution in [3.63, 3.8) is 0 Å². The molecule has 0 radical (unpaired) electrons. The fraction of sp³-hybridized carbons (Fsp3) is 0.0566. The van der Waals surface area contributed by atoms with Crippen LogP contribution in [0.15, 0.2) is 182 Å². The van der Waals surface area contributed by atoms with E-state index in [0.29, 0.717) is 0 Å². The maximum Gasteiger partial charge on any atom is 0.0468 e. The molecular weight excluding hydrogens is 683 g/mol. The van der Waals surface area contributed by atoms with E-state index in [4.69, 9.17) is 0 Å². The van der Waals surface area contributed by atoms with Crippen molar-refractivity contribution in [2.45, 2.75) is 20.3 Å². The Hall–Kier alpha value is -6.48. The van der Waals surface area contributed by atoms with Crippen LogP contribution in [0.3, 0.4) is 0 Å². The van der Waals surface area contributed by atoms with Crippen LogP contribution in [-0.2, 0) is 6.42 Å². The van der Waals surface area contributed by atoms with E-state index in [2.05, 4.69) is 207 Å². The normalized spacial score (nSPS) is 11.8. The number of aryl methyl sites for hydroxylation is 1. The molecular formula is C53H39NS. The van der Waals surface area contributed by atoms with Crippen molar-refractivity contribution >= 4 is 87.0 Å². The van der Waals surface area contributed by atoms with Gasteiger partial charge >= 0.3 is 0 Å². The van der Waals surface area contributed by atoms with Crippen molar-refractivity contribution in [3.05, 3.63) is 193 Å². The molecule has 1 aromatic heterocycles. The quantitative estimate of drug-likeness (QED) is 0.148. The number of hydrogen-bond donors (Lipinski definition) is 0. The standard InChI is InChI=1S/C53H39NS/c1-3-10-45-35(4-2)17-19-41-34-44(30-32-48(41)45)54(43-28-23-38(24-29-43)49-14-9-15-51-50-13-7-8-16-52(50)55-53(49)51)42-26-21-36(22-27-42)39-25-31-47-40(33-39)20-18-37-11-5-6-12-46(37)47/h3,5-34H,4H2,1-2H3/b10-3-. The van der Waals surface area contributed by atoms with Gasteiger partial charge < -0.3 is 4.90 Å². The highest BCUT2D eigenvalue weighted by molar-refractivity contribution is 7.26. The summed E-state index contributed by atoms with van der Waals surface area (Å²) in [5, 5.41) is 10.3. The smallest absolute Gasteiger partial charge is 0.0468 e. The molecule has 2 heteroatoms. The maximum atomic E-state index is 2.39. The van der Waals surface area contributed by atoms with E-state index >= 15 is 0 Å². The first-order valence-corrected chi connectivity index (χ1v) is 20.0. The van der Waals surface area contributed by atoms with Gasteiger partial charge in [0.2, 0.25) is 0 Å². The van der Waals surface area contributed by atoms with Crippen molar-refractivity contribution in [3.8, 4) is 22.3 Å². The zero-order valence-corrected chi connectivity index (χ0v) is 31.8. The molecule has 0 bridgehead atoms. The Labute approximate surface area is 326 Å². The zero-order chi connectivity index (χ0) is 36.9. The van der Waals surface area contributed by atoms with E-state index < -0.39 is 0 Å². The number of anilines is 3. The van der Waals surface area contributed by atoms with Gasteiger partial charge in [-0.15, -0.1) is 11.3 Å². The van der Waals surface area contributed by atoms with Crippen LogP contribution in [0.1, 0.15) is 25.0 Å².